The number of rotatable bonds is 6. The molecule has 6 rings (SSSR count). The van der Waals surface area contributed by atoms with Gasteiger partial charge in [0, 0.05) is 24.8 Å². The van der Waals surface area contributed by atoms with E-state index in [0.29, 0.717) is 18.7 Å². The number of carboxylic acids is 1. The van der Waals surface area contributed by atoms with Crippen LogP contribution in [0.5, 0.6) is 0 Å². The lowest BCUT2D eigenvalue weighted by Crippen LogP contribution is -2.60. The molecule has 1 amide bonds. The van der Waals surface area contributed by atoms with Crippen LogP contribution in [-0.4, -0.2) is 50.7 Å². The van der Waals surface area contributed by atoms with Crippen LogP contribution in [0.2, 0.25) is 0 Å². The van der Waals surface area contributed by atoms with Crippen LogP contribution in [0, 0.1) is 23.2 Å². The lowest BCUT2D eigenvalue weighted by molar-refractivity contribution is -0.149. The zero-order valence-corrected chi connectivity index (χ0v) is 17.0. The average Bonchev–Trinajstić information content (AvgIpc) is 3.30. The molecule has 8 nitrogen and oxygen atoms in total. The van der Waals surface area contributed by atoms with Gasteiger partial charge in [-0.1, -0.05) is 5.21 Å². The first-order valence-electron chi connectivity index (χ1n) is 10.9. The number of nitrogens with zero attached hydrogens (tertiary/aromatic N) is 3. The summed E-state index contributed by atoms with van der Waals surface area (Å²) in [6.45, 7) is 2.47. The summed E-state index contributed by atoms with van der Waals surface area (Å²) in [7, 11) is 0. The van der Waals surface area contributed by atoms with Gasteiger partial charge in [-0.3, -0.25) is 9.59 Å². The van der Waals surface area contributed by atoms with Crippen LogP contribution >= 0.6 is 0 Å². The predicted octanol–water partition coefficient (Wildman–Crippen LogP) is 1.96. The first-order chi connectivity index (χ1) is 13.9. The highest BCUT2D eigenvalue weighted by atomic mass is 16.5. The van der Waals surface area contributed by atoms with Gasteiger partial charge in [-0.05, 0) is 69.6 Å². The van der Waals surface area contributed by atoms with Crippen LogP contribution < -0.4 is 5.32 Å². The number of hydrogen-bond acceptors (Lipinski definition) is 5. The van der Waals surface area contributed by atoms with Gasteiger partial charge in [0.2, 0.25) is 5.91 Å². The summed E-state index contributed by atoms with van der Waals surface area (Å²) >= 11 is 0. The fourth-order valence-corrected chi connectivity index (χ4v) is 6.67. The van der Waals surface area contributed by atoms with Crippen molar-refractivity contribution < 1.29 is 19.4 Å². The average molecular weight is 402 g/mol. The van der Waals surface area contributed by atoms with Gasteiger partial charge < -0.3 is 15.2 Å². The van der Waals surface area contributed by atoms with E-state index >= 15 is 0 Å². The molecule has 0 spiro atoms. The third-order valence-corrected chi connectivity index (χ3v) is 7.84. The molecular weight excluding hydrogens is 372 g/mol. The zero-order valence-electron chi connectivity index (χ0n) is 17.0. The van der Waals surface area contributed by atoms with Gasteiger partial charge >= 0.3 is 5.97 Å². The molecule has 2 atom stereocenters. The van der Waals surface area contributed by atoms with Gasteiger partial charge in [-0.25, -0.2) is 4.68 Å². The molecule has 2 unspecified atom stereocenters. The molecule has 8 heteroatoms. The Labute approximate surface area is 170 Å². The van der Waals surface area contributed by atoms with E-state index in [2.05, 4.69) is 15.6 Å². The van der Waals surface area contributed by atoms with Gasteiger partial charge in [-0.15, -0.1) is 5.10 Å². The summed E-state index contributed by atoms with van der Waals surface area (Å²) < 4.78 is 6.89. The van der Waals surface area contributed by atoms with Crippen molar-refractivity contribution in [2.24, 2.45) is 23.2 Å². The second-order valence-corrected chi connectivity index (χ2v) is 10.1. The van der Waals surface area contributed by atoms with Gasteiger partial charge in [0.1, 0.15) is 6.04 Å². The fraction of sp³-hybridized carbons (Fsp3) is 0.810. The topological polar surface area (TPSA) is 106 Å². The number of aliphatic carboxylic acids is 1. The number of carbonyl (C=O) groups excluding carboxylic acids is 1. The van der Waals surface area contributed by atoms with Crippen molar-refractivity contribution in [3.05, 3.63) is 11.9 Å². The molecule has 29 heavy (non-hydrogen) atoms. The lowest BCUT2D eigenvalue weighted by Gasteiger charge is -2.57. The molecule has 4 saturated carbocycles. The molecule has 1 aromatic rings. The van der Waals surface area contributed by atoms with Crippen molar-refractivity contribution in [1.82, 2.24) is 20.3 Å². The fourth-order valence-electron chi connectivity index (χ4n) is 6.67. The Kier molecular flexibility index (Phi) is 4.46. The van der Waals surface area contributed by atoms with Crippen LogP contribution in [0.4, 0.5) is 0 Å². The highest BCUT2D eigenvalue weighted by molar-refractivity contribution is 5.80. The Balaban J connectivity index is 1.26. The minimum Gasteiger partial charge on any atom is -0.481 e. The SMILES string of the molecule is CC(C(=O)NC12CC3CC(CC(C3)C1)C2)n1cc(CC2(C(=O)O)CCOC2)nn1. The number of hydrogen-bond donors (Lipinski definition) is 2. The maximum absolute atomic E-state index is 13.0. The molecule has 2 N–H and O–H groups in total. The van der Waals surface area contributed by atoms with E-state index in [0.717, 1.165) is 37.0 Å². The molecule has 4 aliphatic carbocycles. The third kappa shape index (κ3) is 3.35. The summed E-state index contributed by atoms with van der Waals surface area (Å²) in [6, 6.07) is -0.468. The second-order valence-electron chi connectivity index (χ2n) is 10.1. The van der Waals surface area contributed by atoms with E-state index in [1.54, 1.807) is 10.9 Å². The van der Waals surface area contributed by atoms with Crippen molar-refractivity contribution >= 4 is 11.9 Å². The van der Waals surface area contributed by atoms with E-state index < -0.39 is 17.4 Å². The number of carboxylic acid groups (broad SMARTS) is 1. The van der Waals surface area contributed by atoms with Crippen LogP contribution in [0.15, 0.2) is 6.20 Å². The van der Waals surface area contributed by atoms with E-state index in [1.807, 2.05) is 6.92 Å². The minimum absolute atomic E-state index is 0.0134. The van der Waals surface area contributed by atoms with E-state index in [1.165, 1.54) is 19.3 Å². The molecule has 4 bridgehead atoms. The minimum atomic E-state index is -0.939. The van der Waals surface area contributed by atoms with Crippen LogP contribution in [0.1, 0.15) is 63.6 Å². The summed E-state index contributed by atoms with van der Waals surface area (Å²) in [5.74, 6) is 1.44. The number of ether oxygens (including phenoxy) is 1. The smallest absolute Gasteiger partial charge is 0.312 e. The van der Waals surface area contributed by atoms with Gasteiger partial charge in [0.25, 0.3) is 0 Å². The van der Waals surface area contributed by atoms with Crippen LogP contribution in [-0.2, 0) is 20.7 Å². The normalized spacial score (nSPS) is 38.9. The summed E-state index contributed by atoms with van der Waals surface area (Å²) in [4.78, 5) is 24.8. The summed E-state index contributed by atoms with van der Waals surface area (Å²) in [6.07, 6.45) is 9.81. The first kappa shape index (κ1) is 19.0. The van der Waals surface area contributed by atoms with Crippen molar-refractivity contribution in [2.45, 2.75) is 69.9 Å². The Bertz CT molecular complexity index is 778. The highest BCUT2D eigenvalue weighted by Gasteiger charge is 2.52. The molecule has 0 aromatic carbocycles. The molecule has 0 radical (unpaired) electrons. The molecule has 158 valence electrons. The first-order valence-corrected chi connectivity index (χ1v) is 10.9. The summed E-state index contributed by atoms with van der Waals surface area (Å²) in [5.41, 5.74) is -0.378. The van der Waals surface area contributed by atoms with E-state index in [4.69, 9.17) is 4.74 Å². The maximum Gasteiger partial charge on any atom is 0.312 e. The number of carbonyl (C=O) groups is 2. The molecule has 1 saturated heterocycles. The van der Waals surface area contributed by atoms with Gasteiger partial charge in [0.05, 0.1) is 17.7 Å². The van der Waals surface area contributed by atoms with Gasteiger partial charge in [0.15, 0.2) is 0 Å². The standard InChI is InChI=1S/C21H30N4O4/c1-13(18(26)22-21-7-14-4-15(8-21)6-16(5-14)9-21)25-11-17(23-24-25)10-20(19(27)28)2-3-29-12-20/h11,13-16H,2-10,12H2,1H3,(H,22,26)(H,27,28). The van der Waals surface area contributed by atoms with Crippen molar-refractivity contribution in [1.29, 1.82) is 0 Å². The molecule has 1 aliphatic heterocycles. The highest BCUT2D eigenvalue weighted by Crippen LogP contribution is 2.55. The lowest BCUT2D eigenvalue weighted by atomic mass is 9.53. The van der Waals surface area contributed by atoms with Crippen molar-refractivity contribution in [2.75, 3.05) is 13.2 Å². The number of amides is 1. The van der Waals surface area contributed by atoms with Crippen LogP contribution in [0.25, 0.3) is 0 Å². The number of aromatic nitrogens is 3. The maximum atomic E-state index is 13.0. The number of nitrogens with one attached hydrogen (secondary N) is 1. The Hall–Kier alpha value is -1.96. The summed E-state index contributed by atoms with van der Waals surface area (Å²) in [5, 5.41) is 21.3. The monoisotopic (exact) mass is 402 g/mol. The molecule has 5 fully saturated rings. The zero-order chi connectivity index (χ0) is 20.2. The molecular formula is C21H30N4O4. The van der Waals surface area contributed by atoms with Crippen molar-refractivity contribution in [3.63, 3.8) is 0 Å². The third-order valence-electron chi connectivity index (χ3n) is 7.84. The quantitative estimate of drug-likeness (QED) is 0.753. The van der Waals surface area contributed by atoms with Gasteiger partial charge in [-0.2, -0.15) is 0 Å². The van der Waals surface area contributed by atoms with Crippen LogP contribution in [0.3, 0.4) is 0 Å². The van der Waals surface area contributed by atoms with Crippen molar-refractivity contribution in [3.8, 4) is 0 Å². The molecule has 5 aliphatic rings. The second kappa shape index (κ2) is 6.79. The predicted molar refractivity (Wildman–Crippen MR) is 103 cm³/mol. The van der Waals surface area contributed by atoms with E-state index in [-0.39, 0.29) is 24.5 Å². The Morgan fingerprint density at radius 2 is 1.93 bits per heavy atom. The molecule has 2 heterocycles. The Morgan fingerprint density at radius 1 is 1.28 bits per heavy atom. The van der Waals surface area contributed by atoms with E-state index in [9.17, 15) is 14.7 Å². The molecule has 1 aromatic heterocycles. The largest absolute Gasteiger partial charge is 0.481 e. The Morgan fingerprint density at radius 3 is 2.48 bits per heavy atom.